The molecule has 1 N–H and O–H groups in total. The Labute approximate surface area is 101 Å². The Kier molecular flexibility index (Phi) is 3.73. The smallest absolute Gasteiger partial charge is 0.119 e. The summed E-state index contributed by atoms with van der Waals surface area (Å²) in [6.45, 7) is 0. The zero-order valence-corrected chi connectivity index (χ0v) is 10.1. The molecule has 0 fully saturated rings. The van der Waals surface area contributed by atoms with Gasteiger partial charge in [-0.2, -0.15) is 0 Å². The summed E-state index contributed by atoms with van der Waals surface area (Å²) in [5, 5.41) is 3.30. The maximum Gasteiger partial charge on any atom is 0.119 e. The minimum absolute atomic E-state index is 0.160. The van der Waals surface area contributed by atoms with E-state index in [4.69, 9.17) is 4.74 Å². The van der Waals surface area contributed by atoms with Crippen molar-refractivity contribution in [3.05, 3.63) is 59.9 Å². The summed E-state index contributed by atoms with van der Waals surface area (Å²) >= 11 is 0. The van der Waals surface area contributed by atoms with Crippen LogP contribution < -0.4 is 10.1 Å². The van der Waals surface area contributed by atoms with E-state index in [2.05, 4.69) is 16.4 Å². The Bertz CT molecular complexity index is 471. The van der Waals surface area contributed by atoms with Crippen LogP contribution in [-0.4, -0.2) is 19.1 Å². The zero-order chi connectivity index (χ0) is 12.1. The van der Waals surface area contributed by atoms with E-state index in [0.717, 1.165) is 5.75 Å². The SMILES string of the molecule is CNC(c1ccncc1)c1cccc(OC)c1. The largest absolute Gasteiger partial charge is 0.497 e. The van der Waals surface area contributed by atoms with Crippen LogP contribution in [0.4, 0.5) is 0 Å². The van der Waals surface area contributed by atoms with Gasteiger partial charge in [-0.05, 0) is 42.4 Å². The lowest BCUT2D eigenvalue weighted by Crippen LogP contribution is -2.17. The van der Waals surface area contributed by atoms with Crippen LogP contribution in [0.3, 0.4) is 0 Å². The molecule has 0 saturated heterocycles. The predicted molar refractivity (Wildman–Crippen MR) is 68.1 cm³/mol. The Hall–Kier alpha value is -1.87. The van der Waals surface area contributed by atoms with Crippen molar-refractivity contribution in [1.82, 2.24) is 10.3 Å². The van der Waals surface area contributed by atoms with Crippen LogP contribution in [0.5, 0.6) is 5.75 Å². The van der Waals surface area contributed by atoms with E-state index in [1.54, 1.807) is 19.5 Å². The predicted octanol–water partition coefficient (Wildman–Crippen LogP) is 2.40. The molecule has 0 spiro atoms. The van der Waals surface area contributed by atoms with Gasteiger partial charge in [0.15, 0.2) is 0 Å². The lowest BCUT2D eigenvalue weighted by Gasteiger charge is -2.17. The molecule has 0 aliphatic heterocycles. The Balaban J connectivity index is 2.35. The first kappa shape index (κ1) is 11.6. The third-order valence-corrected chi connectivity index (χ3v) is 2.76. The number of pyridine rings is 1. The molecule has 17 heavy (non-hydrogen) atoms. The molecule has 88 valence electrons. The summed E-state index contributed by atoms with van der Waals surface area (Å²) < 4.78 is 5.25. The summed E-state index contributed by atoms with van der Waals surface area (Å²) in [4.78, 5) is 4.04. The molecule has 2 aromatic rings. The minimum atomic E-state index is 0.160. The number of aromatic nitrogens is 1. The molecule has 1 atom stereocenters. The number of hydrogen-bond donors (Lipinski definition) is 1. The van der Waals surface area contributed by atoms with Crippen molar-refractivity contribution >= 4 is 0 Å². The Morgan fingerprint density at radius 2 is 1.88 bits per heavy atom. The first-order chi connectivity index (χ1) is 8.35. The lowest BCUT2D eigenvalue weighted by molar-refractivity contribution is 0.414. The van der Waals surface area contributed by atoms with E-state index in [9.17, 15) is 0 Å². The highest BCUT2D eigenvalue weighted by molar-refractivity contribution is 5.35. The fourth-order valence-electron chi connectivity index (χ4n) is 1.90. The Morgan fingerprint density at radius 1 is 1.12 bits per heavy atom. The topological polar surface area (TPSA) is 34.2 Å². The van der Waals surface area contributed by atoms with Crippen LogP contribution in [0.15, 0.2) is 48.8 Å². The summed E-state index contributed by atoms with van der Waals surface area (Å²) in [5.74, 6) is 0.872. The first-order valence-corrected chi connectivity index (χ1v) is 5.56. The van der Waals surface area contributed by atoms with Gasteiger partial charge in [0.2, 0.25) is 0 Å². The van der Waals surface area contributed by atoms with E-state index < -0.39 is 0 Å². The molecule has 2 rings (SSSR count). The molecule has 3 nitrogen and oxygen atoms in total. The van der Waals surface area contributed by atoms with Gasteiger partial charge in [-0.15, -0.1) is 0 Å². The van der Waals surface area contributed by atoms with Crippen molar-refractivity contribution in [3.8, 4) is 5.75 Å². The molecule has 0 radical (unpaired) electrons. The van der Waals surface area contributed by atoms with E-state index in [-0.39, 0.29) is 6.04 Å². The lowest BCUT2D eigenvalue weighted by atomic mass is 10.00. The van der Waals surface area contributed by atoms with Crippen LogP contribution in [0, 0.1) is 0 Å². The minimum Gasteiger partial charge on any atom is -0.497 e. The van der Waals surface area contributed by atoms with Crippen LogP contribution in [0.25, 0.3) is 0 Å². The van der Waals surface area contributed by atoms with Crippen molar-refractivity contribution in [3.63, 3.8) is 0 Å². The molecule has 0 saturated carbocycles. The quantitative estimate of drug-likeness (QED) is 0.872. The fraction of sp³-hybridized carbons (Fsp3) is 0.214. The number of nitrogens with zero attached hydrogens (tertiary/aromatic N) is 1. The molecule has 1 heterocycles. The molecule has 0 bridgehead atoms. The molecule has 1 aromatic carbocycles. The average molecular weight is 228 g/mol. The van der Waals surface area contributed by atoms with E-state index in [1.807, 2.05) is 37.4 Å². The summed E-state index contributed by atoms with van der Waals surface area (Å²) in [6, 6.07) is 12.3. The number of ether oxygens (including phenoxy) is 1. The number of benzene rings is 1. The molecule has 1 unspecified atom stereocenters. The van der Waals surface area contributed by atoms with Gasteiger partial charge in [-0.1, -0.05) is 12.1 Å². The fourth-order valence-corrected chi connectivity index (χ4v) is 1.90. The van der Waals surface area contributed by atoms with Crippen molar-refractivity contribution < 1.29 is 4.74 Å². The van der Waals surface area contributed by atoms with Crippen LogP contribution in [0.2, 0.25) is 0 Å². The van der Waals surface area contributed by atoms with E-state index in [1.165, 1.54) is 11.1 Å². The number of nitrogens with one attached hydrogen (secondary N) is 1. The van der Waals surface area contributed by atoms with Crippen molar-refractivity contribution in [2.24, 2.45) is 0 Å². The van der Waals surface area contributed by atoms with Gasteiger partial charge >= 0.3 is 0 Å². The van der Waals surface area contributed by atoms with Gasteiger partial charge < -0.3 is 10.1 Å². The second-order valence-electron chi connectivity index (χ2n) is 3.78. The van der Waals surface area contributed by atoms with Crippen molar-refractivity contribution in [2.75, 3.05) is 14.2 Å². The monoisotopic (exact) mass is 228 g/mol. The second kappa shape index (κ2) is 5.46. The standard InChI is InChI=1S/C14H16N2O/c1-15-14(11-6-8-16-9-7-11)12-4-3-5-13(10-12)17-2/h3-10,14-15H,1-2H3. The third kappa shape index (κ3) is 2.63. The van der Waals surface area contributed by atoms with Gasteiger partial charge in [0.05, 0.1) is 13.2 Å². The van der Waals surface area contributed by atoms with Crippen molar-refractivity contribution in [1.29, 1.82) is 0 Å². The first-order valence-electron chi connectivity index (χ1n) is 5.56. The third-order valence-electron chi connectivity index (χ3n) is 2.76. The zero-order valence-electron chi connectivity index (χ0n) is 10.1. The molecule has 3 heteroatoms. The maximum atomic E-state index is 5.25. The summed E-state index contributed by atoms with van der Waals surface area (Å²) in [5.41, 5.74) is 2.37. The van der Waals surface area contributed by atoms with Gasteiger partial charge in [0, 0.05) is 12.4 Å². The normalized spacial score (nSPS) is 12.1. The number of rotatable bonds is 4. The van der Waals surface area contributed by atoms with Gasteiger partial charge in [-0.3, -0.25) is 4.98 Å². The van der Waals surface area contributed by atoms with Gasteiger partial charge in [0.25, 0.3) is 0 Å². The molecule has 0 aliphatic carbocycles. The molecule has 0 amide bonds. The van der Waals surface area contributed by atoms with Gasteiger partial charge in [0.1, 0.15) is 5.75 Å². The average Bonchev–Trinajstić information content (AvgIpc) is 2.41. The van der Waals surface area contributed by atoms with Crippen LogP contribution in [0.1, 0.15) is 17.2 Å². The van der Waals surface area contributed by atoms with Crippen LogP contribution >= 0.6 is 0 Å². The number of methoxy groups -OCH3 is 1. The number of hydrogen-bond acceptors (Lipinski definition) is 3. The van der Waals surface area contributed by atoms with E-state index >= 15 is 0 Å². The van der Waals surface area contributed by atoms with Gasteiger partial charge in [-0.25, -0.2) is 0 Å². The molecule has 0 aliphatic rings. The second-order valence-corrected chi connectivity index (χ2v) is 3.78. The molecular weight excluding hydrogens is 212 g/mol. The highest BCUT2D eigenvalue weighted by Crippen LogP contribution is 2.24. The Morgan fingerprint density at radius 3 is 2.53 bits per heavy atom. The van der Waals surface area contributed by atoms with E-state index in [0.29, 0.717) is 0 Å². The van der Waals surface area contributed by atoms with Crippen LogP contribution in [-0.2, 0) is 0 Å². The summed E-state index contributed by atoms with van der Waals surface area (Å²) in [6.07, 6.45) is 3.61. The summed E-state index contributed by atoms with van der Waals surface area (Å²) in [7, 11) is 3.63. The highest BCUT2D eigenvalue weighted by Gasteiger charge is 2.11. The molecule has 1 aromatic heterocycles. The maximum absolute atomic E-state index is 5.25. The van der Waals surface area contributed by atoms with Crippen molar-refractivity contribution in [2.45, 2.75) is 6.04 Å². The highest BCUT2D eigenvalue weighted by atomic mass is 16.5. The molecular formula is C14H16N2O.